The molecule has 0 radical (unpaired) electrons. The van der Waals surface area contributed by atoms with Crippen LogP contribution >= 0.6 is 11.8 Å². The number of rotatable bonds is 4. The Bertz CT molecular complexity index is 913. The fraction of sp³-hybridized carbons (Fsp3) is 0.333. The Hall–Kier alpha value is -2.53. The molecule has 2 aromatic carbocycles. The molecule has 150 valence electrons. The topological polar surface area (TPSA) is 35.9 Å². The summed E-state index contributed by atoms with van der Waals surface area (Å²) in [5.41, 5.74) is 3.07. The second-order valence-corrected chi connectivity index (χ2v) is 8.80. The number of thioether (sulfide) groups is 1. The van der Waals surface area contributed by atoms with Gasteiger partial charge in [-0.3, -0.25) is 9.69 Å². The fourth-order valence-electron chi connectivity index (χ4n) is 3.86. The van der Waals surface area contributed by atoms with Crippen molar-refractivity contribution >= 4 is 40.3 Å². The molecule has 1 aliphatic carbocycles. The van der Waals surface area contributed by atoms with Crippen LogP contribution in [0, 0.1) is 0 Å². The highest BCUT2D eigenvalue weighted by Crippen LogP contribution is 2.38. The molecule has 1 heterocycles. The summed E-state index contributed by atoms with van der Waals surface area (Å²) in [4.78, 5) is 22.9. The molecule has 2 fully saturated rings. The Kier molecular flexibility index (Phi) is 6.05. The summed E-state index contributed by atoms with van der Waals surface area (Å²) >= 11 is 1.50. The molecule has 0 spiro atoms. The van der Waals surface area contributed by atoms with Gasteiger partial charge in [0.25, 0.3) is 5.91 Å². The van der Waals surface area contributed by atoms with Gasteiger partial charge in [-0.25, -0.2) is 4.99 Å². The van der Waals surface area contributed by atoms with Gasteiger partial charge in [-0.1, -0.05) is 49.6 Å². The molecule has 4 nitrogen and oxygen atoms in total. The summed E-state index contributed by atoms with van der Waals surface area (Å²) in [5, 5.41) is 0.810. The molecule has 1 amide bonds. The first-order chi connectivity index (χ1) is 14.1. The van der Waals surface area contributed by atoms with E-state index in [4.69, 9.17) is 4.99 Å². The number of amidine groups is 1. The largest absolute Gasteiger partial charge is 0.378 e. The maximum atomic E-state index is 13.3. The van der Waals surface area contributed by atoms with Gasteiger partial charge in [0.2, 0.25) is 0 Å². The van der Waals surface area contributed by atoms with E-state index in [1.807, 2.05) is 55.4 Å². The molecule has 0 bridgehead atoms. The van der Waals surface area contributed by atoms with Gasteiger partial charge in [0.05, 0.1) is 10.6 Å². The van der Waals surface area contributed by atoms with Gasteiger partial charge >= 0.3 is 0 Å². The number of carbonyl (C=O) groups is 1. The summed E-state index contributed by atoms with van der Waals surface area (Å²) in [6.45, 7) is 0. The van der Waals surface area contributed by atoms with Crippen molar-refractivity contribution in [3.63, 3.8) is 0 Å². The third-order valence-corrected chi connectivity index (χ3v) is 6.45. The Morgan fingerprint density at radius 3 is 2.34 bits per heavy atom. The lowest BCUT2D eigenvalue weighted by Gasteiger charge is -2.30. The molecule has 29 heavy (non-hydrogen) atoms. The van der Waals surface area contributed by atoms with Crippen molar-refractivity contribution in [2.24, 2.45) is 4.99 Å². The highest BCUT2D eigenvalue weighted by Gasteiger charge is 2.38. The van der Waals surface area contributed by atoms with Crippen LogP contribution in [0.15, 0.2) is 64.5 Å². The molecule has 1 saturated carbocycles. The van der Waals surface area contributed by atoms with Gasteiger partial charge < -0.3 is 4.90 Å². The Labute approximate surface area is 177 Å². The predicted molar refractivity (Wildman–Crippen MR) is 124 cm³/mol. The number of aliphatic imine (C=N–C) groups is 1. The van der Waals surface area contributed by atoms with Gasteiger partial charge in [-0.05, 0) is 60.5 Å². The Balaban J connectivity index is 1.65. The molecular formula is C24H27N3OS. The highest BCUT2D eigenvalue weighted by atomic mass is 32.2. The van der Waals surface area contributed by atoms with Crippen molar-refractivity contribution in [1.82, 2.24) is 4.90 Å². The van der Waals surface area contributed by atoms with E-state index in [0.29, 0.717) is 0 Å². The van der Waals surface area contributed by atoms with Crippen LogP contribution in [0.5, 0.6) is 0 Å². The van der Waals surface area contributed by atoms with Crippen molar-refractivity contribution in [1.29, 1.82) is 0 Å². The molecule has 0 atom stereocenters. The predicted octanol–water partition coefficient (Wildman–Crippen LogP) is 5.69. The summed E-state index contributed by atoms with van der Waals surface area (Å²) in [7, 11) is 4.05. The minimum Gasteiger partial charge on any atom is -0.378 e. The van der Waals surface area contributed by atoms with Crippen LogP contribution in [0.1, 0.15) is 37.7 Å². The molecule has 2 aromatic rings. The first-order valence-corrected chi connectivity index (χ1v) is 11.1. The van der Waals surface area contributed by atoms with E-state index in [-0.39, 0.29) is 11.9 Å². The molecule has 1 saturated heterocycles. The maximum absolute atomic E-state index is 13.3. The van der Waals surface area contributed by atoms with Crippen LogP contribution in [-0.2, 0) is 4.79 Å². The number of carbonyl (C=O) groups excluding carboxylic acids is 1. The van der Waals surface area contributed by atoms with E-state index >= 15 is 0 Å². The van der Waals surface area contributed by atoms with Crippen molar-refractivity contribution in [2.45, 2.75) is 38.1 Å². The molecule has 2 aliphatic rings. The zero-order valence-corrected chi connectivity index (χ0v) is 17.9. The highest BCUT2D eigenvalue weighted by molar-refractivity contribution is 8.18. The summed E-state index contributed by atoms with van der Waals surface area (Å²) in [6, 6.07) is 18.5. The third kappa shape index (κ3) is 4.56. The van der Waals surface area contributed by atoms with E-state index in [1.54, 1.807) is 0 Å². The number of anilines is 1. The Morgan fingerprint density at radius 2 is 1.69 bits per heavy atom. The summed E-state index contributed by atoms with van der Waals surface area (Å²) < 4.78 is 0. The first-order valence-electron chi connectivity index (χ1n) is 10.3. The van der Waals surface area contributed by atoms with Crippen molar-refractivity contribution in [3.8, 4) is 0 Å². The number of amides is 1. The minimum absolute atomic E-state index is 0.0910. The van der Waals surface area contributed by atoms with Crippen LogP contribution in [-0.4, -0.2) is 36.1 Å². The average molecular weight is 406 g/mol. The second kappa shape index (κ2) is 8.87. The van der Waals surface area contributed by atoms with E-state index in [9.17, 15) is 4.79 Å². The number of benzene rings is 2. The van der Waals surface area contributed by atoms with Crippen molar-refractivity contribution in [2.75, 3.05) is 19.0 Å². The number of hydrogen-bond acceptors (Lipinski definition) is 4. The monoisotopic (exact) mass is 405 g/mol. The minimum atomic E-state index is 0.0910. The molecule has 0 aromatic heterocycles. The molecule has 5 heteroatoms. The number of nitrogens with zero attached hydrogens (tertiary/aromatic N) is 3. The van der Waals surface area contributed by atoms with Crippen LogP contribution in [0.3, 0.4) is 0 Å². The Morgan fingerprint density at radius 1 is 1.00 bits per heavy atom. The van der Waals surface area contributed by atoms with Gasteiger partial charge in [0.1, 0.15) is 0 Å². The first kappa shape index (κ1) is 19.8. The van der Waals surface area contributed by atoms with E-state index in [0.717, 1.165) is 39.9 Å². The average Bonchev–Trinajstić information content (AvgIpc) is 3.04. The van der Waals surface area contributed by atoms with Gasteiger partial charge in [-0.15, -0.1) is 0 Å². The fourth-order valence-corrected chi connectivity index (χ4v) is 4.92. The SMILES string of the molecule is CN(C)c1ccc(C=C2SC(=Nc3ccccc3)N(C3CCCCC3)C2=O)cc1. The van der Waals surface area contributed by atoms with Crippen LogP contribution in [0.2, 0.25) is 0 Å². The lowest BCUT2D eigenvalue weighted by Crippen LogP contribution is -2.40. The quantitative estimate of drug-likeness (QED) is 0.613. The van der Waals surface area contributed by atoms with Crippen molar-refractivity contribution < 1.29 is 4.79 Å². The molecule has 0 N–H and O–H groups in total. The van der Waals surface area contributed by atoms with E-state index in [1.165, 1.54) is 31.0 Å². The summed E-state index contributed by atoms with van der Waals surface area (Å²) in [6.07, 6.45) is 7.74. The number of para-hydroxylation sites is 1. The van der Waals surface area contributed by atoms with Gasteiger partial charge in [-0.2, -0.15) is 0 Å². The van der Waals surface area contributed by atoms with Crippen LogP contribution < -0.4 is 4.90 Å². The molecule has 1 aliphatic heterocycles. The van der Waals surface area contributed by atoms with Crippen LogP contribution in [0.25, 0.3) is 6.08 Å². The van der Waals surface area contributed by atoms with Gasteiger partial charge in [0, 0.05) is 25.8 Å². The molecular weight excluding hydrogens is 378 g/mol. The zero-order chi connectivity index (χ0) is 20.2. The van der Waals surface area contributed by atoms with Gasteiger partial charge in [0.15, 0.2) is 5.17 Å². The zero-order valence-electron chi connectivity index (χ0n) is 17.0. The third-order valence-electron chi connectivity index (χ3n) is 5.46. The van der Waals surface area contributed by atoms with Crippen molar-refractivity contribution in [3.05, 3.63) is 65.1 Å². The standard InChI is InChI=1S/C24H27N3OS/c1-26(2)20-15-13-18(14-16-20)17-22-23(28)27(21-11-7-4-8-12-21)24(29-22)25-19-9-5-3-6-10-19/h3,5-6,9-10,13-17,21H,4,7-8,11-12H2,1-2H3. The van der Waals surface area contributed by atoms with Crippen LogP contribution in [0.4, 0.5) is 11.4 Å². The second-order valence-electron chi connectivity index (χ2n) is 7.79. The lowest BCUT2D eigenvalue weighted by atomic mass is 9.94. The molecule has 0 unspecified atom stereocenters. The summed E-state index contributed by atoms with van der Waals surface area (Å²) in [5.74, 6) is 0.0910. The van der Waals surface area contributed by atoms with E-state index in [2.05, 4.69) is 29.2 Å². The lowest BCUT2D eigenvalue weighted by molar-refractivity contribution is -0.124. The van der Waals surface area contributed by atoms with E-state index < -0.39 is 0 Å². The number of hydrogen-bond donors (Lipinski definition) is 0. The smallest absolute Gasteiger partial charge is 0.267 e. The maximum Gasteiger partial charge on any atom is 0.267 e. The normalized spacial score (nSPS) is 20.6. The molecule has 4 rings (SSSR count).